The highest BCUT2D eigenvalue weighted by molar-refractivity contribution is 9.11. The Bertz CT molecular complexity index is 895. The van der Waals surface area contributed by atoms with Crippen LogP contribution in [0.1, 0.15) is 30.5 Å². The number of amides is 1. The van der Waals surface area contributed by atoms with Gasteiger partial charge in [-0.05, 0) is 79.7 Å². The molecule has 0 aliphatic heterocycles. The second-order valence-electron chi connectivity index (χ2n) is 7.04. The van der Waals surface area contributed by atoms with Crippen molar-refractivity contribution in [1.29, 1.82) is 0 Å². The zero-order valence-corrected chi connectivity index (χ0v) is 19.4. The highest BCUT2D eigenvalue weighted by Gasteiger charge is 2.18. The smallest absolute Gasteiger partial charge is 0.338 e. The first-order chi connectivity index (χ1) is 13.6. The van der Waals surface area contributed by atoms with E-state index in [0.717, 1.165) is 11.1 Å². The van der Waals surface area contributed by atoms with Crippen molar-refractivity contribution in [1.82, 2.24) is 0 Å². The van der Waals surface area contributed by atoms with Crippen LogP contribution in [0, 0.1) is 12.8 Å². The average molecular weight is 531 g/mol. The molecule has 2 aromatic carbocycles. The number of halogens is 3. The molecule has 2 N–H and O–H groups in total. The summed E-state index contributed by atoms with van der Waals surface area (Å²) in [5, 5.41) is 11.6. The van der Waals surface area contributed by atoms with Crippen molar-refractivity contribution in [2.45, 2.75) is 40.0 Å². The predicted molar refractivity (Wildman–Crippen MR) is 117 cm³/mol. The summed E-state index contributed by atoms with van der Waals surface area (Å²) >= 11 is 6.79. The largest absolute Gasteiger partial charge is 0.487 e. The van der Waals surface area contributed by atoms with Crippen LogP contribution in [0.4, 0.5) is 10.1 Å². The van der Waals surface area contributed by atoms with E-state index in [1.54, 1.807) is 12.1 Å². The maximum absolute atomic E-state index is 13.5. The maximum Gasteiger partial charge on any atom is 0.338 e. The molecular weight excluding hydrogens is 509 g/mol. The monoisotopic (exact) mass is 529 g/mol. The topological polar surface area (TPSA) is 75.6 Å². The van der Waals surface area contributed by atoms with E-state index in [1.165, 1.54) is 0 Å². The number of nitrogens with one attached hydrogen (secondary N) is 1. The van der Waals surface area contributed by atoms with Crippen LogP contribution in [0.5, 0.6) is 5.75 Å². The number of carbonyl (C=O) groups is 2. The average Bonchev–Trinajstić information content (AvgIpc) is 2.60. The molecule has 0 fully saturated rings. The van der Waals surface area contributed by atoms with Crippen molar-refractivity contribution < 1.29 is 23.8 Å². The lowest BCUT2D eigenvalue weighted by Gasteiger charge is -2.14. The summed E-state index contributed by atoms with van der Waals surface area (Å²) in [5.74, 6) is -1.15. The first kappa shape index (κ1) is 23.3. The van der Waals surface area contributed by atoms with Crippen molar-refractivity contribution in [3.05, 3.63) is 56.0 Å². The summed E-state index contributed by atoms with van der Waals surface area (Å²) in [7, 11) is 0. The standard InChI is InChI=1S/C21H22Br2FNO4/c1-11(2)20(26)25-15-5-12(3)4-14(6-15)10-29-19-16(22)7-13(8-17(19)23)9-18(24)21(27)28/h4-8,11,18H,9-10H2,1-3H3,(H,25,26)(H,27,28). The lowest BCUT2D eigenvalue weighted by atomic mass is 10.1. The Morgan fingerprint density at radius 2 is 1.72 bits per heavy atom. The molecule has 0 heterocycles. The summed E-state index contributed by atoms with van der Waals surface area (Å²) < 4.78 is 20.5. The van der Waals surface area contributed by atoms with E-state index < -0.39 is 12.1 Å². The zero-order valence-electron chi connectivity index (χ0n) is 16.3. The number of rotatable bonds is 8. The van der Waals surface area contributed by atoms with Gasteiger partial charge >= 0.3 is 5.97 Å². The fourth-order valence-corrected chi connectivity index (χ4v) is 4.13. The number of ether oxygens (including phenoxy) is 1. The number of hydrogen-bond donors (Lipinski definition) is 2. The molecule has 0 saturated heterocycles. The molecule has 1 atom stereocenters. The first-order valence-corrected chi connectivity index (χ1v) is 10.5. The van der Waals surface area contributed by atoms with Crippen molar-refractivity contribution in [2.24, 2.45) is 5.92 Å². The Labute approximate surface area is 185 Å². The van der Waals surface area contributed by atoms with E-state index in [2.05, 4.69) is 37.2 Å². The molecule has 1 amide bonds. The number of aryl methyl sites for hydroxylation is 1. The fourth-order valence-electron chi connectivity index (χ4n) is 2.62. The van der Waals surface area contributed by atoms with Gasteiger partial charge < -0.3 is 15.2 Å². The molecule has 0 saturated carbocycles. The molecule has 5 nitrogen and oxygen atoms in total. The van der Waals surface area contributed by atoms with Crippen LogP contribution >= 0.6 is 31.9 Å². The first-order valence-electron chi connectivity index (χ1n) is 8.95. The second-order valence-corrected chi connectivity index (χ2v) is 8.75. The molecule has 1 unspecified atom stereocenters. The van der Waals surface area contributed by atoms with Crippen LogP contribution in [0.15, 0.2) is 39.3 Å². The summed E-state index contributed by atoms with van der Waals surface area (Å²) in [6, 6.07) is 8.98. The molecule has 0 bridgehead atoms. The lowest BCUT2D eigenvalue weighted by molar-refractivity contribution is -0.142. The van der Waals surface area contributed by atoms with Gasteiger partial charge in [-0.25, -0.2) is 9.18 Å². The lowest BCUT2D eigenvalue weighted by Crippen LogP contribution is -2.18. The van der Waals surface area contributed by atoms with Crippen LogP contribution in [0.3, 0.4) is 0 Å². The summed E-state index contributed by atoms with van der Waals surface area (Å²) in [6.07, 6.45) is -2.20. The minimum Gasteiger partial charge on any atom is -0.487 e. The molecule has 156 valence electrons. The minimum atomic E-state index is -1.97. The van der Waals surface area contributed by atoms with E-state index in [4.69, 9.17) is 9.84 Å². The molecule has 29 heavy (non-hydrogen) atoms. The molecule has 0 aliphatic carbocycles. The van der Waals surface area contributed by atoms with Crippen LogP contribution < -0.4 is 10.1 Å². The molecule has 8 heteroatoms. The third-order valence-electron chi connectivity index (χ3n) is 4.05. The van der Waals surface area contributed by atoms with Crippen molar-refractivity contribution in [2.75, 3.05) is 5.32 Å². The van der Waals surface area contributed by atoms with Crippen LogP contribution in [0.2, 0.25) is 0 Å². The van der Waals surface area contributed by atoms with Crippen LogP contribution in [-0.2, 0) is 22.6 Å². The molecule has 2 aromatic rings. The Morgan fingerprint density at radius 3 is 2.28 bits per heavy atom. The number of carboxylic acid groups (broad SMARTS) is 1. The maximum atomic E-state index is 13.5. The van der Waals surface area contributed by atoms with Gasteiger partial charge in [-0.1, -0.05) is 19.9 Å². The zero-order chi connectivity index (χ0) is 21.7. The predicted octanol–water partition coefficient (Wildman–Crippen LogP) is 5.66. The molecule has 0 spiro atoms. The van der Waals surface area contributed by atoms with Gasteiger partial charge in [0.15, 0.2) is 0 Å². The van der Waals surface area contributed by atoms with E-state index in [-0.39, 0.29) is 24.9 Å². The number of hydrogen-bond acceptors (Lipinski definition) is 3. The molecule has 0 aliphatic rings. The van der Waals surface area contributed by atoms with Gasteiger partial charge in [0, 0.05) is 18.0 Å². The van der Waals surface area contributed by atoms with Gasteiger partial charge in [0.2, 0.25) is 12.1 Å². The minimum absolute atomic E-state index is 0.0592. The number of alkyl halides is 1. The number of carbonyl (C=O) groups excluding carboxylic acids is 1. The van der Waals surface area contributed by atoms with Crippen LogP contribution in [0.25, 0.3) is 0 Å². The Balaban J connectivity index is 2.14. The fraction of sp³-hybridized carbons (Fsp3) is 0.333. The van der Waals surface area contributed by atoms with Crippen LogP contribution in [-0.4, -0.2) is 23.2 Å². The van der Waals surface area contributed by atoms with E-state index >= 15 is 0 Å². The third-order valence-corrected chi connectivity index (χ3v) is 5.23. The molecular formula is C21H22Br2FNO4. The van der Waals surface area contributed by atoms with Crippen molar-refractivity contribution >= 4 is 49.4 Å². The van der Waals surface area contributed by atoms with Gasteiger partial charge in [0.25, 0.3) is 0 Å². The summed E-state index contributed by atoms with van der Waals surface area (Å²) in [5.41, 5.74) is 3.10. The highest BCUT2D eigenvalue weighted by Crippen LogP contribution is 2.36. The quantitative estimate of drug-likeness (QED) is 0.462. The molecule has 2 rings (SSSR count). The van der Waals surface area contributed by atoms with Gasteiger partial charge in [-0.3, -0.25) is 4.79 Å². The number of carboxylic acids is 1. The Kier molecular flexibility index (Phi) is 8.22. The Hall–Kier alpha value is -1.93. The van der Waals surface area contributed by atoms with E-state index in [9.17, 15) is 14.0 Å². The van der Waals surface area contributed by atoms with Gasteiger partial charge in [0.1, 0.15) is 12.4 Å². The van der Waals surface area contributed by atoms with E-state index in [1.807, 2.05) is 39.0 Å². The summed E-state index contributed by atoms with van der Waals surface area (Å²) in [4.78, 5) is 22.6. The molecule has 0 aromatic heterocycles. The van der Waals surface area contributed by atoms with Crippen molar-refractivity contribution in [3.63, 3.8) is 0 Å². The SMILES string of the molecule is Cc1cc(COc2c(Br)cc(CC(F)C(=O)O)cc2Br)cc(NC(=O)C(C)C)c1. The van der Waals surface area contributed by atoms with Gasteiger partial charge in [-0.15, -0.1) is 0 Å². The van der Waals surface area contributed by atoms with E-state index in [0.29, 0.717) is 25.9 Å². The second kappa shape index (κ2) is 10.2. The normalized spacial score (nSPS) is 12.0. The Morgan fingerprint density at radius 1 is 1.10 bits per heavy atom. The molecule has 0 radical (unpaired) electrons. The summed E-state index contributed by atoms with van der Waals surface area (Å²) in [6.45, 7) is 5.85. The van der Waals surface area contributed by atoms with Gasteiger partial charge in [0.05, 0.1) is 8.95 Å². The number of anilines is 1. The highest BCUT2D eigenvalue weighted by atomic mass is 79.9. The number of benzene rings is 2. The number of aliphatic carboxylic acids is 1. The van der Waals surface area contributed by atoms with Crippen molar-refractivity contribution in [3.8, 4) is 5.75 Å². The third kappa shape index (κ3) is 6.82. The van der Waals surface area contributed by atoms with Gasteiger partial charge in [-0.2, -0.15) is 0 Å².